The molecule has 5 heteroatoms. The van der Waals surface area contributed by atoms with Crippen LogP contribution in [0, 0.1) is 0 Å². The Labute approximate surface area is 410 Å². The molecule has 71 heavy (non-hydrogen) atoms. The topological polar surface area (TPSA) is 35.1 Å². The number of nitrogens with zero attached hydrogens (tertiary/aromatic N) is 4. The van der Waals surface area contributed by atoms with Crippen molar-refractivity contribution in [2.24, 2.45) is 0 Å². The maximum Gasteiger partial charge on any atom is 0.235 e. The predicted molar refractivity (Wildman–Crippen MR) is 301 cm³/mol. The third-order valence-electron chi connectivity index (χ3n) is 15.1. The summed E-state index contributed by atoms with van der Waals surface area (Å²) in [5.41, 5.74) is 16.0. The van der Waals surface area contributed by atoms with Gasteiger partial charge < -0.3 is 4.40 Å². The molecule has 0 aliphatic carbocycles. The van der Waals surface area contributed by atoms with E-state index in [9.17, 15) is 0 Å². The van der Waals surface area contributed by atoms with Gasteiger partial charge in [-0.05, 0) is 98.8 Å². The van der Waals surface area contributed by atoms with Crippen molar-refractivity contribution in [2.75, 3.05) is 0 Å². The molecule has 5 aromatic heterocycles. The Bertz CT molecular complexity index is 4870. The molecule has 0 aliphatic heterocycles. The smallest absolute Gasteiger partial charge is 0.235 e. The number of hydrogen-bond donors (Lipinski definition) is 0. The second-order valence-electron chi connectivity index (χ2n) is 18.9. The molecule has 328 valence electrons. The summed E-state index contributed by atoms with van der Waals surface area (Å²) < 4.78 is 7.44. The molecule has 0 unspecified atom stereocenters. The van der Waals surface area contributed by atoms with E-state index >= 15 is 0 Å². The second kappa shape index (κ2) is 14.7. The maximum absolute atomic E-state index is 5.48. The zero-order valence-corrected chi connectivity index (χ0v) is 39.0. The summed E-state index contributed by atoms with van der Waals surface area (Å²) in [6, 6.07) is 84.3. The molecule has 0 saturated heterocycles. The Hall–Kier alpha value is -9.16. The van der Waals surface area contributed by atoms with Gasteiger partial charge >= 0.3 is 0 Å². The van der Waals surface area contributed by atoms with Crippen LogP contribution in [-0.4, -0.2) is 18.9 Å². The monoisotopic (exact) mass is 918 g/mol. The van der Waals surface area contributed by atoms with Crippen molar-refractivity contribution in [3.8, 4) is 50.6 Å². The summed E-state index contributed by atoms with van der Waals surface area (Å²) >= 11 is 1.89. The third-order valence-corrected chi connectivity index (χ3v) is 16.3. The first-order valence-electron chi connectivity index (χ1n) is 24.2. The number of aromatic nitrogens is 4. The lowest BCUT2D eigenvalue weighted by molar-refractivity contribution is 1.01. The number of thiophene rings is 1. The molecule has 16 aromatic rings. The number of hydrogen-bond acceptors (Lipinski definition) is 3. The maximum atomic E-state index is 5.48. The van der Waals surface area contributed by atoms with Crippen LogP contribution in [0.5, 0.6) is 0 Å². The highest BCUT2D eigenvalue weighted by atomic mass is 32.1. The molecular weight excluding hydrogens is 881 g/mol. The summed E-state index contributed by atoms with van der Waals surface area (Å²) in [6.07, 6.45) is 0. The Morgan fingerprint density at radius 3 is 1.86 bits per heavy atom. The Balaban J connectivity index is 0.905. The van der Waals surface area contributed by atoms with Gasteiger partial charge in [-0.1, -0.05) is 176 Å². The molecule has 0 fully saturated rings. The van der Waals surface area contributed by atoms with Gasteiger partial charge in [-0.2, -0.15) is 0 Å². The molecule has 16 rings (SSSR count). The molecule has 0 atom stereocenters. The van der Waals surface area contributed by atoms with Crippen LogP contribution in [0.1, 0.15) is 0 Å². The first kappa shape index (κ1) is 38.8. The molecule has 0 N–H and O–H groups in total. The van der Waals surface area contributed by atoms with E-state index in [4.69, 9.17) is 9.97 Å². The van der Waals surface area contributed by atoms with Crippen LogP contribution in [0.3, 0.4) is 0 Å². The Morgan fingerprint density at radius 1 is 0.338 bits per heavy atom. The first-order chi connectivity index (χ1) is 35.2. The molecule has 0 spiro atoms. The van der Waals surface area contributed by atoms with E-state index in [1.54, 1.807) is 0 Å². The predicted octanol–water partition coefficient (Wildman–Crippen LogP) is 18.1. The first-order valence-corrected chi connectivity index (χ1v) is 25.0. The van der Waals surface area contributed by atoms with Gasteiger partial charge in [-0.3, -0.25) is 4.57 Å². The number of rotatable bonds is 5. The van der Waals surface area contributed by atoms with E-state index in [1.807, 2.05) is 11.3 Å². The molecular formula is C66H38N4S. The van der Waals surface area contributed by atoms with Crippen LogP contribution >= 0.6 is 11.3 Å². The van der Waals surface area contributed by atoms with Crippen molar-refractivity contribution in [1.29, 1.82) is 0 Å². The fourth-order valence-corrected chi connectivity index (χ4v) is 13.1. The standard InChI is InChI=1S/C66H38N4S/c1-2-13-39(14-3-1)40-25-27-42(28-26-40)63-52-19-6-9-22-56(52)67-66(68-63)70-58-33-31-43(35-55(58)62-46-16-5-4-15-41(46)30-34-59(62)70)45-36-53-48-17-7-10-23-57(48)69-60-38-44(29-32-49(60)54(37-45)64(53)69)47-20-12-21-51-50-18-8-11-24-61(50)71-65(47)51/h1-38H. The summed E-state index contributed by atoms with van der Waals surface area (Å²) in [6.45, 7) is 0. The van der Waals surface area contributed by atoms with Gasteiger partial charge in [0.2, 0.25) is 5.95 Å². The minimum absolute atomic E-state index is 0.649. The molecule has 11 aromatic carbocycles. The summed E-state index contributed by atoms with van der Waals surface area (Å²) in [4.78, 5) is 10.8. The van der Waals surface area contributed by atoms with Gasteiger partial charge in [0.25, 0.3) is 0 Å². The lowest BCUT2D eigenvalue weighted by Crippen LogP contribution is -2.03. The minimum atomic E-state index is 0.649. The molecule has 0 saturated carbocycles. The van der Waals surface area contributed by atoms with E-state index in [0.717, 1.165) is 33.2 Å². The fraction of sp³-hybridized carbons (Fsp3) is 0. The zero-order valence-electron chi connectivity index (χ0n) is 38.1. The lowest BCUT2D eigenvalue weighted by atomic mass is 9.96. The highest BCUT2D eigenvalue weighted by Gasteiger charge is 2.23. The van der Waals surface area contributed by atoms with E-state index in [1.165, 1.54) is 113 Å². The molecule has 0 aliphatic rings. The Kier molecular flexibility index (Phi) is 8.01. The van der Waals surface area contributed by atoms with Crippen molar-refractivity contribution in [1.82, 2.24) is 18.9 Å². The third kappa shape index (κ3) is 5.61. The summed E-state index contributed by atoms with van der Waals surface area (Å²) in [7, 11) is 0. The van der Waals surface area contributed by atoms with Gasteiger partial charge in [0.15, 0.2) is 0 Å². The van der Waals surface area contributed by atoms with Crippen LogP contribution in [0.25, 0.3) is 152 Å². The van der Waals surface area contributed by atoms with Gasteiger partial charge in [-0.15, -0.1) is 11.3 Å². The quantitative estimate of drug-likeness (QED) is 0.172. The van der Waals surface area contributed by atoms with Crippen molar-refractivity contribution < 1.29 is 0 Å². The largest absolute Gasteiger partial charge is 0.308 e. The number of benzene rings is 11. The average molecular weight is 919 g/mol. The van der Waals surface area contributed by atoms with Crippen molar-refractivity contribution >= 4 is 113 Å². The van der Waals surface area contributed by atoms with Gasteiger partial charge in [0, 0.05) is 63.4 Å². The number of fused-ring (bicyclic) bond motifs is 15. The van der Waals surface area contributed by atoms with Gasteiger partial charge in [0.1, 0.15) is 0 Å². The highest BCUT2D eigenvalue weighted by molar-refractivity contribution is 7.26. The van der Waals surface area contributed by atoms with Crippen molar-refractivity contribution in [2.45, 2.75) is 0 Å². The second-order valence-corrected chi connectivity index (χ2v) is 19.9. The van der Waals surface area contributed by atoms with Crippen molar-refractivity contribution in [3.63, 3.8) is 0 Å². The minimum Gasteiger partial charge on any atom is -0.308 e. The Morgan fingerprint density at radius 2 is 0.986 bits per heavy atom. The fourth-order valence-electron chi connectivity index (χ4n) is 11.8. The van der Waals surface area contributed by atoms with E-state index in [0.29, 0.717) is 5.95 Å². The lowest BCUT2D eigenvalue weighted by Gasteiger charge is -2.12. The molecule has 4 nitrogen and oxygen atoms in total. The molecule has 0 bridgehead atoms. The van der Waals surface area contributed by atoms with Crippen molar-refractivity contribution in [3.05, 3.63) is 231 Å². The van der Waals surface area contributed by atoms with Crippen LogP contribution in [0.4, 0.5) is 0 Å². The van der Waals surface area contributed by atoms with Crippen LogP contribution in [-0.2, 0) is 0 Å². The zero-order chi connectivity index (χ0) is 46.3. The number of para-hydroxylation sites is 2. The summed E-state index contributed by atoms with van der Waals surface area (Å²) in [5, 5.41) is 13.5. The summed E-state index contributed by atoms with van der Waals surface area (Å²) in [5.74, 6) is 0.649. The highest BCUT2D eigenvalue weighted by Crippen LogP contribution is 2.46. The van der Waals surface area contributed by atoms with Gasteiger partial charge in [0.05, 0.1) is 38.8 Å². The average Bonchev–Trinajstić information content (AvgIpc) is 4.19. The SMILES string of the molecule is c1ccc(-c2ccc(-c3nc(-n4c5ccc(-c6cc7c8ccccc8n8c9cc(-c%10cccc%11c%10sc%10ccccc%10%11)ccc9c(c6)c78)cc5c5c6ccccc6ccc54)nc4ccccc34)cc2)cc1. The van der Waals surface area contributed by atoms with Gasteiger partial charge in [-0.25, -0.2) is 9.97 Å². The van der Waals surface area contributed by atoms with Crippen LogP contribution in [0.2, 0.25) is 0 Å². The molecule has 0 radical (unpaired) electrons. The van der Waals surface area contributed by atoms with E-state index in [2.05, 4.69) is 239 Å². The van der Waals surface area contributed by atoms with Crippen LogP contribution in [0.15, 0.2) is 231 Å². The normalized spacial score (nSPS) is 12.2. The molecule has 0 amide bonds. The van der Waals surface area contributed by atoms with Crippen LogP contribution < -0.4 is 0 Å². The molecule has 5 heterocycles. The van der Waals surface area contributed by atoms with E-state index in [-0.39, 0.29) is 0 Å². The van der Waals surface area contributed by atoms with E-state index < -0.39 is 0 Å².